The largest absolute Gasteiger partial charge is 0.279 e. The van der Waals surface area contributed by atoms with Gasteiger partial charge in [0.05, 0.1) is 11.4 Å². The van der Waals surface area contributed by atoms with E-state index in [1.54, 1.807) is 30.8 Å². The van der Waals surface area contributed by atoms with Gasteiger partial charge in [-0.15, -0.1) is 0 Å². The number of aliphatic imine (C=N–C) groups is 2. The van der Waals surface area contributed by atoms with Gasteiger partial charge in [0.1, 0.15) is 10.1 Å². The number of amides is 1. The summed E-state index contributed by atoms with van der Waals surface area (Å²) < 4.78 is 0.742. The molecule has 0 saturated heterocycles. The molecule has 29 heavy (non-hydrogen) atoms. The molecule has 150 valence electrons. The molecule has 0 atom stereocenters. The fourth-order valence-corrected chi connectivity index (χ4v) is 4.92. The van der Waals surface area contributed by atoms with Crippen LogP contribution in [0.5, 0.6) is 0 Å². The number of carbonyl (C=O) groups excluding carboxylic acids is 2. The molecule has 1 aromatic carbocycles. The van der Waals surface area contributed by atoms with E-state index in [0.717, 1.165) is 27.6 Å². The van der Waals surface area contributed by atoms with Crippen LogP contribution in [0.1, 0.15) is 26.3 Å². The lowest BCUT2D eigenvalue weighted by molar-refractivity contribution is -0.125. The topological polar surface area (TPSA) is 74.5 Å². The summed E-state index contributed by atoms with van der Waals surface area (Å²) in [6.07, 6.45) is 3.40. The SMILES string of the molecule is CCSC1=N/C(=C\C=C2\N=C(SCc3ccccc3)SC2=O)C(C)=NN1C(C)=O. The normalized spacial score (nSPS) is 19.5. The third kappa shape index (κ3) is 5.71. The summed E-state index contributed by atoms with van der Waals surface area (Å²) in [5.74, 6) is 1.35. The summed E-state index contributed by atoms with van der Waals surface area (Å²) in [7, 11) is 0. The van der Waals surface area contributed by atoms with E-state index in [9.17, 15) is 9.59 Å². The Morgan fingerprint density at radius 2 is 1.86 bits per heavy atom. The minimum atomic E-state index is -0.187. The molecule has 0 N–H and O–H groups in total. The molecule has 0 spiro atoms. The standard InChI is InChI=1S/C20H20N4O2S3/c1-4-27-19-21-16(13(2)23-24(19)14(3)25)10-11-17-18(26)29-20(22-17)28-12-15-8-6-5-7-9-15/h5-11H,4,12H2,1-3H3/b16-10-,17-11+. The predicted molar refractivity (Wildman–Crippen MR) is 125 cm³/mol. The van der Waals surface area contributed by atoms with Crippen LogP contribution in [0.3, 0.4) is 0 Å². The lowest BCUT2D eigenvalue weighted by atomic mass is 10.2. The first kappa shape index (κ1) is 21.6. The zero-order valence-corrected chi connectivity index (χ0v) is 18.7. The highest BCUT2D eigenvalue weighted by atomic mass is 32.2. The van der Waals surface area contributed by atoms with Crippen molar-refractivity contribution in [1.29, 1.82) is 0 Å². The molecule has 0 unspecified atom stereocenters. The second-order valence-corrected chi connectivity index (χ2v) is 9.40. The quantitative estimate of drug-likeness (QED) is 0.631. The van der Waals surface area contributed by atoms with Gasteiger partial charge in [-0.25, -0.2) is 9.98 Å². The Morgan fingerprint density at radius 3 is 2.55 bits per heavy atom. The number of carbonyl (C=O) groups is 2. The lowest BCUT2D eigenvalue weighted by Crippen LogP contribution is -2.32. The van der Waals surface area contributed by atoms with Gasteiger partial charge < -0.3 is 0 Å². The molecule has 0 aromatic heterocycles. The summed E-state index contributed by atoms with van der Waals surface area (Å²) >= 11 is 4.14. The van der Waals surface area contributed by atoms with Gasteiger partial charge in [0.15, 0.2) is 5.17 Å². The molecule has 0 aliphatic carbocycles. The van der Waals surface area contributed by atoms with Crippen LogP contribution in [0.15, 0.2) is 69.0 Å². The Kier molecular flexibility index (Phi) is 7.51. The number of nitrogens with zero attached hydrogens (tertiary/aromatic N) is 4. The number of hydrogen-bond acceptors (Lipinski definition) is 8. The third-order valence-corrected chi connectivity index (χ3v) is 6.69. The van der Waals surface area contributed by atoms with Crippen molar-refractivity contribution in [2.45, 2.75) is 26.5 Å². The van der Waals surface area contributed by atoms with E-state index < -0.39 is 0 Å². The van der Waals surface area contributed by atoms with Gasteiger partial charge >= 0.3 is 0 Å². The van der Waals surface area contributed by atoms with Crippen molar-refractivity contribution in [3.05, 3.63) is 59.4 Å². The average molecular weight is 445 g/mol. The molecular weight excluding hydrogens is 424 g/mol. The van der Waals surface area contributed by atoms with Crippen molar-refractivity contribution in [2.75, 3.05) is 5.75 Å². The zero-order chi connectivity index (χ0) is 20.8. The maximum atomic E-state index is 12.3. The van der Waals surface area contributed by atoms with Crippen LogP contribution in [0.4, 0.5) is 0 Å². The molecule has 2 aliphatic heterocycles. The molecule has 6 nitrogen and oxygen atoms in total. The molecule has 1 amide bonds. The maximum Gasteiger partial charge on any atom is 0.246 e. The molecule has 0 fully saturated rings. The van der Waals surface area contributed by atoms with Crippen LogP contribution in [-0.2, 0) is 15.3 Å². The van der Waals surface area contributed by atoms with Gasteiger partial charge in [0, 0.05) is 12.7 Å². The highest BCUT2D eigenvalue weighted by Crippen LogP contribution is 2.32. The van der Waals surface area contributed by atoms with Crippen molar-refractivity contribution >= 4 is 61.6 Å². The maximum absolute atomic E-state index is 12.3. The number of thioether (sulfide) groups is 3. The molecule has 2 aliphatic rings. The first-order valence-electron chi connectivity index (χ1n) is 8.95. The Hall–Kier alpha value is -2.10. The van der Waals surface area contributed by atoms with Crippen molar-refractivity contribution in [3.63, 3.8) is 0 Å². The minimum absolute atomic E-state index is 0.0830. The summed E-state index contributed by atoms with van der Waals surface area (Å²) in [4.78, 5) is 33.0. The Balaban J connectivity index is 1.75. The summed E-state index contributed by atoms with van der Waals surface area (Å²) in [5.41, 5.74) is 2.80. The zero-order valence-electron chi connectivity index (χ0n) is 16.3. The van der Waals surface area contributed by atoms with Crippen LogP contribution in [0.2, 0.25) is 0 Å². The van der Waals surface area contributed by atoms with Crippen molar-refractivity contribution in [3.8, 4) is 0 Å². The van der Waals surface area contributed by atoms with E-state index in [0.29, 0.717) is 22.3 Å². The van der Waals surface area contributed by atoms with Crippen molar-refractivity contribution in [2.24, 2.45) is 15.1 Å². The lowest BCUT2D eigenvalue weighted by Gasteiger charge is -2.22. The fraction of sp³-hybridized carbons (Fsp3) is 0.250. The van der Waals surface area contributed by atoms with Crippen LogP contribution < -0.4 is 0 Å². The number of amidine groups is 1. The molecule has 3 rings (SSSR count). The number of hydrogen-bond donors (Lipinski definition) is 0. The molecule has 9 heteroatoms. The van der Waals surface area contributed by atoms with Crippen LogP contribution in [0.25, 0.3) is 0 Å². The van der Waals surface area contributed by atoms with E-state index >= 15 is 0 Å². The monoisotopic (exact) mass is 444 g/mol. The van der Waals surface area contributed by atoms with Crippen LogP contribution >= 0.6 is 35.3 Å². The van der Waals surface area contributed by atoms with Gasteiger partial charge in [-0.2, -0.15) is 10.1 Å². The summed E-state index contributed by atoms with van der Waals surface area (Å²) in [5, 5.41) is 6.08. The van der Waals surface area contributed by atoms with Crippen molar-refractivity contribution < 1.29 is 9.59 Å². The Labute approximate surface area is 182 Å². The van der Waals surface area contributed by atoms with Gasteiger partial charge in [0.2, 0.25) is 11.0 Å². The Bertz CT molecular complexity index is 965. The highest BCUT2D eigenvalue weighted by Gasteiger charge is 2.24. The fourth-order valence-electron chi connectivity index (χ4n) is 2.40. The van der Waals surface area contributed by atoms with Gasteiger partial charge in [-0.3, -0.25) is 9.59 Å². The number of benzene rings is 1. The van der Waals surface area contributed by atoms with Gasteiger partial charge in [-0.1, -0.05) is 60.8 Å². The summed E-state index contributed by atoms with van der Waals surface area (Å²) in [6.45, 7) is 5.23. The second-order valence-electron chi connectivity index (χ2n) is 5.99. The average Bonchev–Trinajstić information content (AvgIpc) is 3.07. The van der Waals surface area contributed by atoms with Crippen LogP contribution in [0, 0.1) is 0 Å². The predicted octanol–water partition coefficient (Wildman–Crippen LogP) is 4.66. The first-order chi connectivity index (χ1) is 14.0. The van der Waals surface area contributed by atoms with Crippen molar-refractivity contribution in [1.82, 2.24) is 5.01 Å². The molecule has 1 aromatic rings. The van der Waals surface area contributed by atoms with Gasteiger partial charge in [-0.05, 0) is 42.2 Å². The Morgan fingerprint density at radius 1 is 1.14 bits per heavy atom. The molecular formula is C20H20N4O2S3. The third-order valence-electron chi connectivity index (χ3n) is 3.79. The smallest absolute Gasteiger partial charge is 0.246 e. The minimum Gasteiger partial charge on any atom is -0.279 e. The van der Waals surface area contributed by atoms with Crippen LogP contribution in [-0.4, -0.2) is 37.0 Å². The van der Waals surface area contributed by atoms with Gasteiger partial charge in [0.25, 0.3) is 0 Å². The molecule has 2 heterocycles. The van der Waals surface area contributed by atoms with E-state index in [1.165, 1.54) is 29.3 Å². The molecule has 0 saturated carbocycles. The molecule has 0 bridgehead atoms. The summed E-state index contributed by atoms with van der Waals surface area (Å²) in [6, 6.07) is 10.1. The number of hydrazone groups is 1. The van der Waals surface area contributed by atoms with E-state index in [-0.39, 0.29) is 11.0 Å². The number of allylic oxidation sites excluding steroid dienone is 3. The second kappa shape index (κ2) is 10.1. The van der Waals surface area contributed by atoms with E-state index in [1.807, 2.05) is 25.1 Å². The van der Waals surface area contributed by atoms with E-state index in [2.05, 4.69) is 27.2 Å². The molecule has 0 radical (unpaired) electrons. The highest BCUT2D eigenvalue weighted by molar-refractivity contribution is 8.45. The number of rotatable bonds is 4. The first-order valence-corrected chi connectivity index (χ1v) is 11.7. The van der Waals surface area contributed by atoms with E-state index in [4.69, 9.17) is 0 Å².